The topological polar surface area (TPSA) is 29.1 Å². The van der Waals surface area contributed by atoms with E-state index < -0.39 is 0 Å². The van der Waals surface area contributed by atoms with Crippen LogP contribution in [-0.2, 0) is 4.79 Å². The van der Waals surface area contributed by atoms with E-state index in [1.54, 1.807) is 17.8 Å². The lowest BCUT2D eigenvalue weighted by molar-refractivity contribution is -0.117. The van der Waals surface area contributed by atoms with Crippen LogP contribution < -0.4 is 5.32 Å². The number of nitrogens with one attached hydrogen (secondary N) is 1. The predicted octanol–water partition coefficient (Wildman–Crippen LogP) is 2.31. The molecular formula is C10H10NOS. The molecular weight excluding hydrogens is 182 g/mol. The molecule has 67 valence electrons. The molecule has 0 atom stereocenters. The van der Waals surface area contributed by atoms with Gasteiger partial charge in [0, 0.05) is 4.90 Å². The molecule has 0 saturated heterocycles. The smallest absolute Gasteiger partial charge is 0.240 e. The van der Waals surface area contributed by atoms with Gasteiger partial charge in [-0.05, 0) is 32.0 Å². The summed E-state index contributed by atoms with van der Waals surface area (Å²) in [5.41, 5.74) is 0.872. The fourth-order valence-corrected chi connectivity index (χ4v) is 2.25. The normalized spacial score (nSPS) is 19.1. The summed E-state index contributed by atoms with van der Waals surface area (Å²) in [5.74, 6) is 0.0598. The molecule has 1 aliphatic heterocycles. The third-order valence-corrected chi connectivity index (χ3v) is 3.26. The summed E-state index contributed by atoms with van der Waals surface area (Å²) in [7, 11) is 0. The van der Waals surface area contributed by atoms with E-state index in [-0.39, 0.29) is 10.7 Å². The van der Waals surface area contributed by atoms with E-state index in [1.807, 2.05) is 26.0 Å². The van der Waals surface area contributed by atoms with Crippen LogP contribution >= 0.6 is 11.8 Å². The fourth-order valence-electron chi connectivity index (χ4n) is 1.20. The number of carbonyl (C=O) groups excluding carboxylic acids is 1. The van der Waals surface area contributed by atoms with Gasteiger partial charge < -0.3 is 5.32 Å². The van der Waals surface area contributed by atoms with Gasteiger partial charge in [0.1, 0.15) is 0 Å². The monoisotopic (exact) mass is 192 g/mol. The summed E-state index contributed by atoms with van der Waals surface area (Å²) in [6, 6.07) is 8.58. The number of amides is 1. The third kappa shape index (κ3) is 1.44. The van der Waals surface area contributed by atoms with Gasteiger partial charge in [0.25, 0.3) is 0 Å². The van der Waals surface area contributed by atoms with Crippen LogP contribution in [0.2, 0.25) is 0 Å². The number of rotatable bonds is 0. The lowest BCUT2D eigenvalue weighted by Gasteiger charge is -2.29. The molecule has 1 aromatic rings. The van der Waals surface area contributed by atoms with Gasteiger partial charge in [-0.25, -0.2) is 0 Å². The summed E-state index contributed by atoms with van der Waals surface area (Å²) in [4.78, 5) is 12.6. The molecule has 1 heterocycles. The van der Waals surface area contributed by atoms with Crippen molar-refractivity contribution in [2.75, 3.05) is 5.32 Å². The highest BCUT2D eigenvalue weighted by Gasteiger charge is 2.33. The van der Waals surface area contributed by atoms with Gasteiger partial charge in [0.2, 0.25) is 5.91 Å². The minimum absolute atomic E-state index is 0.0598. The van der Waals surface area contributed by atoms with Crippen LogP contribution in [-0.4, -0.2) is 10.7 Å². The van der Waals surface area contributed by atoms with Crippen LogP contribution in [0.15, 0.2) is 23.1 Å². The Balaban J connectivity index is 2.44. The van der Waals surface area contributed by atoms with Crippen molar-refractivity contribution in [3.63, 3.8) is 0 Å². The molecule has 3 heteroatoms. The minimum atomic E-state index is -0.367. The first-order valence-corrected chi connectivity index (χ1v) is 4.92. The Labute approximate surface area is 81.7 Å². The molecule has 0 aliphatic carbocycles. The largest absolute Gasteiger partial charge is 0.324 e. The number of thioether (sulfide) groups is 1. The Morgan fingerprint density at radius 1 is 1.54 bits per heavy atom. The Morgan fingerprint density at radius 2 is 2.31 bits per heavy atom. The van der Waals surface area contributed by atoms with E-state index in [9.17, 15) is 4.79 Å². The van der Waals surface area contributed by atoms with Crippen molar-refractivity contribution in [1.82, 2.24) is 0 Å². The van der Waals surface area contributed by atoms with E-state index in [0.717, 1.165) is 10.6 Å². The molecule has 1 radical (unpaired) electrons. The second-order valence-electron chi connectivity index (χ2n) is 3.49. The average Bonchev–Trinajstić information content (AvgIpc) is 2.06. The maximum absolute atomic E-state index is 11.5. The van der Waals surface area contributed by atoms with E-state index in [1.165, 1.54) is 0 Å². The van der Waals surface area contributed by atoms with Crippen molar-refractivity contribution in [3.8, 4) is 0 Å². The molecule has 1 aromatic carbocycles. The second-order valence-corrected chi connectivity index (χ2v) is 5.15. The number of hydrogen-bond acceptors (Lipinski definition) is 2. The summed E-state index contributed by atoms with van der Waals surface area (Å²) >= 11 is 1.59. The summed E-state index contributed by atoms with van der Waals surface area (Å²) in [5, 5.41) is 2.86. The number of hydrogen-bond donors (Lipinski definition) is 1. The van der Waals surface area contributed by atoms with Crippen molar-refractivity contribution < 1.29 is 4.79 Å². The van der Waals surface area contributed by atoms with Crippen LogP contribution in [0.3, 0.4) is 0 Å². The molecule has 1 amide bonds. The van der Waals surface area contributed by atoms with Crippen LogP contribution in [0, 0.1) is 6.07 Å². The Hall–Kier alpha value is -0.960. The quantitative estimate of drug-likeness (QED) is 0.683. The standard InChI is InChI=1S/C10H10NOS/c1-10(2)9(12)11-7-5-3-4-6-8(7)13-10/h4-6H,1-2H3,(H,11,12). The van der Waals surface area contributed by atoms with Crippen molar-refractivity contribution in [3.05, 3.63) is 24.3 Å². The molecule has 1 N–H and O–H groups in total. The average molecular weight is 192 g/mol. The van der Waals surface area contributed by atoms with E-state index >= 15 is 0 Å². The first-order valence-electron chi connectivity index (χ1n) is 4.10. The molecule has 0 unspecified atom stereocenters. The molecule has 2 nitrogen and oxygen atoms in total. The first-order chi connectivity index (χ1) is 6.09. The maximum atomic E-state index is 11.5. The highest BCUT2D eigenvalue weighted by Crippen LogP contribution is 2.41. The molecule has 13 heavy (non-hydrogen) atoms. The Bertz CT molecular complexity index is 360. The summed E-state index contributed by atoms with van der Waals surface area (Å²) in [6.45, 7) is 3.85. The van der Waals surface area contributed by atoms with E-state index in [2.05, 4.69) is 11.4 Å². The predicted molar refractivity (Wildman–Crippen MR) is 53.8 cm³/mol. The number of carbonyl (C=O) groups is 1. The van der Waals surface area contributed by atoms with Crippen LogP contribution in [0.25, 0.3) is 0 Å². The molecule has 0 saturated carbocycles. The maximum Gasteiger partial charge on any atom is 0.240 e. The van der Waals surface area contributed by atoms with Crippen molar-refractivity contribution in [2.45, 2.75) is 23.5 Å². The van der Waals surface area contributed by atoms with Crippen LogP contribution in [0.5, 0.6) is 0 Å². The van der Waals surface area contributed by atoms with Crippen molar-refractivity contribution >= 4 is 23.4 Å². The highest BCUT2D eigenvalue weighted by atomic mass is 32.2. The van der Waals surface area contributed by atoms with Crippen molar-refractivity contribution in [2.24, 2.45) is 0 Å². The van der Waals surface area contributed by atoms with E-state index in [4.69, 9.17) is 0 Å². The molecule has 0 aromatic heterocycles. The second kappa shape index (κ2) is 2.77. The molecule has 0 bridgehead atoms. The lowest BCUT2D eigenvalue weighted by atomic mass is 10.2. The van der Waals surface area contributed by atoms with Gasteiger partial charge in [-0.15, -0.1) is 11.8 Å². The van der Waals surface area contributed by atoms with E-state index in [0.29, 0.717) is 0 Å². The Morgan fingerprint density at radius 3 is 3.08 bits per heavy atom. The van der Waals surface area contributed by atoms with Gasteiger partial charge in [-0.3, -0.25) is 4.79 Å². The number of fused-ring (bicyclic) bond motifs is 1. The lowest BCUT2D eigenvalue weighted by Crippen LogP contribution is -2.36. The van der Waals surface area contributed by atoms with Gasteiger partial charge in [0.15, 0.2) is 0 Å². The molecule has 0 fully saturated rings. The number of anilines is 1. The van der Waals surface area contributed by atoms with Gasteiger partial charge in [-0.1, -0.05) is 6.07 Å². The fraction of sp³-hybridized carbons (Fsp3) is 0.300. The zero-order chi connectivity index (χ0) is 9.47. The number of benzene rings is 1. The van der Waals surface area contributed by atoms with Gasteiger partial charge in [0.05, 0.1) is 10.4 Å². The minimum Gasteiger partial charge on any atom is -0.324 e. The summed E-state index contributed by atoms with van der Waals surface area (Å²) < 4.78 is -0.367. The summed E-state index contributed by atoms with van der Waals surface area (Å²) in [6.07, 6.45) is 0. The molecule has 0 spiro atoms. The van der Waals surface area contributed by atoms with Crippen molar-refractivity contribution in [1.29, 1.82) is 0 Å². The molecule has 2 rings (SSSR count). The SMILES string of the molecule is CC1(C)Sc2cc[c]cc2NC1=O. The van der Waals surface area contributed by atoms with Crippen LogP contribution in [0.1, 0.15) is 13.8 Å². The zero-order valence-electron chi connectivity index (χ0n) is 7.55. The molecule has 1 aliphatic rings. The van der Waals surface area contributed by atoms with Crippen LogP contribution in [0.4, 0.5) is 5.69 Å². The highest BCUT2D eigenvalue weighted by molar-refractivity contribution is 8.01. The zero-order valence-corrected chi connectivity index (χ0v) is 8.37. The Kier molecular flexibility index (Phi) is 1.84. The van der Waals surface area contributed by atoms with Gasteiger partial charge >= 0.3 is 0 Å². The third-order valence-electron chi connectivity index (χ3n) is 1.98. The first kappa shape index (κ1) is 8.63. The van der Waals surface area contributed by atoms with Gasteiger partial charge in [-0.2, -0.15) is 0 Å².